The van der Waals surface area contributed by atoms with Gasteiger partial charge in [0.2, 0.25) is 12.1 Å². The molecule has 30 heavy (non-hydrogen) atoms. The van der Waals surface area contributed by atoms with Crippen molar-refractivity contribution >= 4 is 35.3 Å². The molecular weight excluding hydrogens is 396 g/mol. The van der Waals surface area contributed by atoms with Crippen LogP contribution in [0, 0.1) is 0 Å². The second-order valence-corrected chi connectivity index (χ2v) is 5.74. The molecule has 0 amide bonds. The summed E-state index contributed by atoms with van der Waals surface area (Å²) in [6, 6.07) is 3.58. The van der Waals surface area contributed by atoms with Crippen molar-refractivity contribution in [1.29, 1.82) is 0 Å². The van der Waals surface area contributed by atoms with Crippen LogP contribution in [0.15, 0.2) is 24.3 Å². The predicted octanol–water partition coefficient (Wildman–Crippen LogP) is 1.50. The van der Waals surface area contributed by atoms with Gasteiger partial charge < -0.3 is 29.6 Å². The minimum atomic E-state index is -1.32. The van der Waals surface area contributed by atoms with Gasteiger partial charge in [0.25, 0.3) is 0 Å². The molecule has 0 saturated carbocycles. The van der Waals surface area contributed by atoms with Crippen molar-refractivity contribution in [1.82, 2.24) is 0 Å². The van der Waals surface area contributed by atoms with Crippen LogP contribution in [-0.4, -0.2) is 62.4 Å². The molecule has 0 spiro atoms. The molecule has 0 aliphatic carbocycles. The van der Waals surface area contributed by atoms with Crippen molar-refractivity contribution in [2.24, 2.45) is 0 Å². The molecule has 0 heterocycles. The van der Waals surface area contributed by atoms with Crippen LogP contribution in [0.2, 0.25) is 0 Å². The Labute approximate surface area is 175 Å². The first-order valence-corrected chi connectivity index (χ1v) is 9.67. The summed E-state index contributed by atoms with van der Waals surface area (Å²) in [5.41, 5.74) is 0.853. The summed E-state index contributed by atoms with van der Waals surface area (Å²) < 4.78 is 19.6. The van der Waals surface area contributed by atoms with Crippen molar-refractivity contribution in [3.63, 3.8) is 0 Å². The van der Waals surface area contributed by atoms with Gasteiger partial charge >= 0.3 is 23.9 Å². The Morgan fingerprint density at radius 1 is 0.600 bits per heavy atom. The lowest BCUT2D eigenvalue weighted by Crippen LogP contribution is -2.40. The minimum Gasteiger partial charge on any atom is -0.464 e. The Balaban J connectivity index is 2.93. The molecular formula is C20H28N2O8. The number of nitrogens with one attached hydrogen (secondary N) is 2. The monoisotopic (exact) mass is 424 g/mol. The first kappa shape index (κ1) is 24.7. The third-order valence-corrected chi connectivity index (χ3v) is 3.60. The van der Waals surface area contributed by atoms with Gasteiger partial charge in [-0.1, -0.05) is 0 Å². The average Bonchev–Trinajstić information content (AvgIpc) is 2.71. The lowest BCUT2D eigenvalue weighted by molar-refractivity contribution is -0.157. The Morgan fingerprint density at radius 3 is 1.03 bits per heavy atom. The quantitative estimate of drug-likeness (QED) is 0.289. The van der Waals surface area contributed by atoms with E-state index in [0.29, 0.717) is 11.4 Å². The number of carbonyl (C=O) groups excluding carboxylic acids is 4. The van der Waals surface area contributed by atoms with E-state index in [4.69, 9.17) is 18.9 Å². The summed E-state index contributed by atoms with van der Waals surface area (Å²) in [7, 11) is 0. The SMILES string of the molecule is CCOC(=O)C(Nc1ccc(NC(C(=O)OCC)C(=O)OCC)cc1)C(=O)OCC. The lowest BCUT2D eigenvalue weighted by Gasteiger charge is -2.19. The van der Waals surface area contributed by atoms with Gasteiger partial charge in [-0.15, -0.1) is 0 Å². The summed E-state index contributed by atoms with van der Waals surface area (Å²) in [4.78, 5) is 48.2. The maximum absolute atomic E-state index is 12.0. The molecule has 0 aromatic heterocycles. The van der Waals surface area contributed by atoms with E-state index in [1.807, 2.05) is 0 Å². The third kappa shape index (κ3) is 7.61. The molecule has 0 unspecified atom stereocenters. The van der Waals surface area contributed by atoms with Crippen LogP contribution in [-0.2, 0) is 38.1 Å². The molecule has 1 rings (SSSR count). The normalized spacial score (nSPS) is 10.3. The second-order valence-electron chi connectivity index (χ2n) is 5.74. The number of rotatable bonds is 12. The maximum atomic E-state index is 12.0. The van der Waals surface area contributed by atoms with Crippen molar-refractivity contribution in [3.05, 3.63) is 24.3 Å². The van der Waals surface area contributed by atoms with Gasteiger partial charge in [0, 0.05) is 11.4 Å². The molecule has 1 aromatic rings. The predicted molar refractivity (Wildman–Crippen MR) is 108 cm³/mol. The van der Waals surface area contributed by atoms with Crippen LogP contribution < -0.4 is 10.6 Å². The zero-order valence-electron chi connectivity index (χ0n) is 17.6. The van der Waals surface area contributed by atoms with Gasteiger partial charge in [0.05, 0.1) is 26.4 Å². The third-order valence-electron chi connectivity index (χ3n) is 3.60. The van der Waals surface area contributed by atoms with Crippen LogP contribution in [0.3, 0.4) is 0 Å². The van der Waals surface area contributed by atoms with Crippen LogP contribution in [0.25, 0.3) is 0 Å². The first-order valence-electron chi connectivity index (χ1n) is 9.67. The Bertz CT molecular complexity index is 623. The van der Waals surface area contributed by atoms with Gasteiger partial charge in [0.1, 0.15) is 0 Å². The zero-order valence-corrected chi connectivity index (χ0v) is 17.6. The molecule has 166 valence electrons. The summed E-state index contributed by atoms with van der Waals surface area (Å²) in [5.74, 6) is -3.05. The largest absolute Gasteiger partial charge is 0.464 e. The summed E-state index contributed by atoms with van der Waals surface area (Å²) >= 11 is 0. The fourth-order valence-corrected chi connectivity index (χ4v) is 2.33. The number of hydrogen-bond donors (Lipinski definition) is 2. The van der Waals surface area contributed by atoms with Gasteiger partial charge in [-0.05, 0) is 52.0 Å². The van der Waals surface area contributed by atoms with E-state index in [1.165, 1.54) is 0 Å². The van der Waals surface area contributed by atoms with Crippen molar-refractivity contribution < 1.29 is 38.1 Å². The summed E-state index contributed by atoms with van der Waals surface area (Å²) in [6.45, 7) is 6.97. The average molecular weight is 424 g/mol. The molecule has 0 radical (unpaired) electrons. The van der Waals surface area contributed by atoms with Crippen LogP contribution in [0.1, 0.15) is 27.7 Å². The molecule has 0 aliphatic heterocycles. The standard InChI is InChI=1S/C20H28N2O8/c1-5-27-17(23)15(18(24)28-6-2)21-13-9-11-14(12-10-13)22-16(19(25)29-7-3)20(26)30-8-4/h9-12,15-16,21-22H,5-8H2,1-4H3. The van der Waals surface area contributed by atoms with E-state index >= 15 is 0 Å². The van der Waals surface area contributed by atoms with E-state index in [-0.39, 0.29) is 26.4 Å². The molecule has 1 aromatic carbocycles. The Morgan fingerprint density at radius 2 is 0.833 bits per heavy atom. The van der Waals surface area contributed by atoms with Crippen LogP contribution in [0.5, 0.6) is 0 Å². The number of esters is 4. The van der Waals surface area contributed by atoms with Crippen molar-refractivity contribution in [2.45, 2.75) is 39.8 Å². The van der Waals surface area contributed by atoms with Crippen LogP contribution in [0.4, 0.5) is 11.4 Å². The fourth-order valence-electron chi connectivity index (χ4n) is 2.33. The van der Waals surface area contributed by atoms with E-state index in [9.17, 15) is 19.2 Å². The van der Waals surface area contributed by atoms with Crippen molar-refractivity contribution in [2.75, 3.05) is 37.1 Å². The molecule has 0 saturated heterocycles. The highest BCUT2D eigenvalue weighted by Crippen LogP contribution is 2.17. The molecule has 0 fully saturated rings. The highest BCUT2D eigenvalue weighted by atomic mass is 16.6. The van der Waals surface area contributed by atoms with E-state index in [2.05, 4.69) is 10.6 Å². The molecule has 10 heteroatoms. The van der Waals surface area contributed by atoms with Crippen molar-refractivity contribution in [3.8, 4) is 0 Å². The van der Waals surface area contributed by atoms with E-state index in [1.54, 1.807) is 52.0 Å². The molecule has 0 atom stereocenters. The maximum Gasteiger partial charge on any atom is 0.340 e. The van der Waals surface area contributed by atoms with Gasteiger partial charge in [-0.3, -0.25) is 0 Å². The van der Waals surface area contributed by atoms with Gasteiger partial charge in [-0.25, -0.2) is 19.2 Å². The fraction of sp³-hybridized carbons (Fsp3) is 0.500. The van der Waals surface area contributed by atoms with Gasteiger partial charge in [-0.2, -0.15) is 0 Å². The van der Waals surface area contributed by atoms with Crippen LogP contribution >= 0.6 is 0 Å². The molecule has 0 aliphatic rings. The van der Waals surface area contributed by atoms with Gasteiger partial charge in [0.15, 0.2) is 0 Å². The molecule has 2 N–H and O–H groups in total. The highest BCUT2D eigenvalue weighted by molar-refractivity contribution is 6.03. The zero-order chi connectivity index (χ0) is 22.5. The second kappa shape index (κ2) is 13.0. The van der Waals surface area contributed by atoms with E-state index < -0.39 is 36.0 Å². The summed E-state index contributed by atoms with van der Waals surface area (Å²) in [6.07, 6.45) is 0. The molecule has 10 nitrogen and oxygen atoms in total. The minimum absolute atomic E-state index is 0.113. The Hall–Kier alpha value is -3.30. The Kier molecular flexibility index (Phi) is 10.7. The summed E-state index contributed by atoms with van der Waals surface area (Å²) in [5, 5.41) is 5.51. The number of benzene rings is 1. The number of anilines is 2. The number of carbonyl (C=O) groups is 4. The number of ether oxygens (including phenoxy) is 4. The van der Waals surface area contributed by atoms with E-state index in [0.717, 1.165) is 0 Å². The first-order chi connectivity index (χ1) is 14.4. The molecule has 0 bridgehead atoms. The smallest absolute Gasteiger partial charge is 0.340 e. The number of hydrogen-bond acceptors (Lipinski definition) is 10. The lowest BCUT2D eigenvalue weighted by atomic mass is 10.2. The highest BCUT2D eigenvalue weighted by Gasteiger charge is 2.31. The topological polar surface area (TPSA) is 129 Å².